The molecule has 0 saturated carbocycles. The van der Waals surface area contributed by atoms with Gasteiger partial charge in [0.2, 0.25) is 17.6 Å². The summed E-state index contributed by atoms with van der Waals surface area (Å²) in [5.74, 6) is 1.76. The molecule has 0 atom stereocenters. The Bertz CT molecular complexity index is 1060. The maximum atomic E-state index is 12.1. The molecule has 0 aliphatic heterocycles. The lowest BCUT2D eigenvalue weighted by molar-refractivity contribution is -0.121. The van der Waals surface area contributed by atoms with Gasteiger partial charge in [0.15, 0.2) is 0 Å². The summed E-state index contributed by atoms with van der Waals surface area (Å²) in [5.41, 5.74) is 3.06. The molecule has 2 aromatic carbocycles. The van der Waals surface area contributed by atoms with Crippen LogP contribution in [-0.4, -0.2) is 16.0 Å². The SMILES string of the molecule is O=C(CCc1nc(-c2ccsc2)no1)NCc1ccc(OCc2ccccc2)cc1. The normalized spacial score (nSPS) is 10.7. The van der Waals surface area contributed by atoms with Gasteiger partial charge < -0.3 is 14.6 Å². The number of benzene rings is 2. The van der Waals surface area contributed by atoms with Crippen LogP contribution in [0, 0.1) is 0 Å². The van der Waals surface area contributed by atoms with Gasteiger partial charge in [0.1, 0.15) is 12.4 Å². The van der Waals surface area contributed by atoms with E-state index in [1.54, 1.807) is 11.3 Å². The highest BCUT2D eigenvalue weighted by Gasteiger charge is 2.11. The predicted molar refractivity (Wildman–Crippen MR) is 115 cm³/mol. The average molecular weight is 420 g/mol. The number of hydrogen-bond acceptors (Lipinski definition) is 6. The van der Waals surface area contributed by atoms with E-state index in [1.165, 1.54) is 0 Å². The number of thiophene rings is 1. The van der Waals surface area contributed by atoms with E-state index < -0.39 is 0 Å². The second-order valence-corrected chi connectivity index (χ2v) is 7.50. The Balaban J connectivity index is 1.19. The number of aryl methyl sites for hydroxylation is 1. The molecule has 0 aliphatic carbocycles. The van der Waals surface area contributed by atoms with E-state index in [1.807, 2.05) is 71.4 Å². The summed E-state index contributed by atoms with van der Waals surface area (Å²) in [6.07, 6.45) is 0.707. The fourth-order valence-electron chi connectivity index (χ4n) is 2.82. The summed E-state index contributed by atoms with van der Waals surface area (Å²) in [6, 6.07) is 19.7. The van der Waals surface area contributed by atoms with Crippen LogP contribution in [-0.2, 0) is 24.4 Å². The lowest BCUT2D eigenvalue weighted by atomic mass is 10.2. The fraction of sp³-hybridized carbons (Fsp3) is 0.174. The van der Waals surface area contributed by atoms with Crippen molar-refractivity contribution >= 4 is 17.2 Å². The summed E-state index contributed by atoms with van der Waals surface area (Å²) in [7, 11) is 0. The predicted octanol–water partition coefficient (Wildman–Crippen LogP) is 4.63. The first-order chi connectivity index (χ1) is 14.8. The van der Waals surface area contributed by atoms with Crippen LogP contribution in [0.15, 0.2) is 75.9 Å². The molecule has 2 aromatic heterocycles. The highest BCUT2D eigenvalue weighted by Crippen LogP contribution is 2.19. The van der Waals surface area contributed by atoms with Crippen LogP contribution in [0.1, 0.15) is 23.4 Å². The fourth-order valence-corrected chi connectivity index (χ4v) is 3.45. The Hall–Kier alpha value is -3.45. The summed E-state index contributed by atoms with van der Waals surface area (Å²) in [6.45, 7) is 0.989. The molecule has 1 N–H and O–H groups in total. The van der Waals surface area contributed by atoms with E-state index in [0.717, 1.165) is 22.4 Å². The van der Waals surface area contributed by atoms with Crippen LogP contribution in [0.5, 0.6) is 5.75 Å². The Morgan fingerprint density at radius 2 is 1.87 bits per heavy atom. The van der Waals surface area contributed by atoms with Crippen LogP contribution >= 0.6 is 11.3 Å². The lowest BCUT2D eigenvalue weighted by Gasteiger charge is -2.08. The van der Waals surface area contributed by atoms with Crippen LogP contribution in [0.2, 0.25) is 0 Å². The number of ether oxygens (including phenoxy) is 1. The van der Waals surface area contributed by atoms with Crippen molar-refractivity contribution in [2.75, 3.05) is 0 Å². The number of carbonyl (C=O) groups is 1. The Morgan fingerprint density at radius 3 is 2.63 bits per heavy atom. The van der Waals surface area contributed by atoms with Crippen LogP contribution in [0.25, 0.3) is 11.4 Å². The molecular formula is C23H21N3O3S. The number of rotatable bonds is 9. The second-order valence-electron chi connectivity index (χ2n) is 6.72. The van der Waals surface area contributed by atoms with Crippen molar-refractivity contribution in [2.24, 2.45) is 0 Å². The largest absolute Gasteiger partial charge is 0.489 e. The molecule has 4 rings (SSSR count). The van der Waals surface area contributed by atoms with Crippen molar-refractivity contribution in [3.05, 3.63) is 88.4 Å². The lowest BCUT2D eigenvalue weighted by Crippen LogP contribution is -2.23. The molecule has 152 valence electrons. The van der Waals surface area contributed by atoms with Crippen molar-refractivity contribution in [1.29, 1.82) is 0 Å². The van der Waals surface area contributed by atoms with E-state index in [4.69, 9.17) is 9.26 Å². The average Bonchev–Trinajstić information content (AvgIpc) is 3.48. The van der Waals surface area contributed by atoms with Crippen molar-refractivity contribution in [1.82, 2.24) is 15.5 Å². The molecule has 0 saturated heterocycles. The summed E-state index contributed by atoms with van der Waals surface area (Å²) in [4.78, 5) is 16.5. The zero-order valence-electron chi connectivity index (χ0n) is 16.3. The standard InChI is InChI=1S/C23H21N3O3S/c27-21(10-11-22-25-23(26-29-22)19-12-13-30-16-19)24-14-17-6-8-20(9-7-17)28-15-18-4-2-1-3-5-18/h1-9,12-13,16H,10-11,14-15H2,(H,24,27). The van der Waals surface area contributed by atoms with Gasteiger partial charge in [0, 0.05) is 30.3 Å². The molecule has 0 bridgehead atoms. The van der Waals surface area contributed by atoms with Gasteiger partial charge in [-0.25, -0.2) is 0 Å². The number of nitrogens with one attached hydrogen (secondary N) is 1. The first kappa shape index (κ1) is 19.8. The van der Waals surface area contributed by atoms with Gasteiger partial charge in [-0.2, -0.15) is 16.3 Å². The van der Waals surface area contributed by atoms with Gasteiger partial charge >= 0.3 is 0 Å². The summed E-state index contributed by atoms with van der Waals surface area (Å²) in [5, 5.41) is 10.8. The van der Waals surface area contributed by atoms with Crippen LogP contribution in [0.3, 0.4) is 0 Å². The van der Waals surface area contributed by atoms with Gasteiger partial charge in [-0.05, 0) is 34.7 Å². The molecule has 6 nitrogen and oxygen atoms in total. The topological polar surface area (TPSA) is 77.2 Å². The van der Waals surface area contributed by atoms with Crippen LogP contribution < -0.4 is 10.1 Å². The van der Waals surface area contributed by atoms with Crippen LogP contribution in [0.4, 0.5) is 0 Å². The molecule has 4 aromatic rings. The first-order valence-corrected chi connectivity index (χ1v) is 10.6. The minimum atomic E-state index is -0.0605. The van der Waals surface area contributed by atoms with Crippen molar-refractivity contribution in [3.63, 3.8) is 0 Å². The smallest absolute Gasteiger partial charge is 0.227 e. The van der Waals surface area contributed by atoms with Crippen molar-refractivity contribution < 1.29 is 14.1 Å². The van der Waals surface area contributed by atoms with Crippen molar-refractivity contribution in [2.45, 2.75) is 26.0 Å². The third-order valence-electron chi connectivity index (χ3n) is 4.47. The minimum absolute atomic E-state index is 0.0605. The number of aromatic nitrogens is 2. The quantitative estimate of drug-likeness (QED) is 0.428. The van der Waals surface area contributed by atoms with Gasteiger partial charge in [0.25, 0.3) is 0 Å². The molecular weight excluding hydrogens is 398 g/mol. The second kappa shape index (κ2) is 9.84. The third-order valence-corrected chi connectivity index (χ3v) is 5.16. The van der Waals surface area contributed by atoms with Gasteiger partial charge in [-0.1, -0.05) is 47.6 Å². The van der Waals surface area contributed by atoms with E-state index in [-0.39, 0.29) is 5.91 Å². The van der Waals surface area contributed by atoms with Crippen molar-refractivity contribution in [3.8, 4) is 17.1 Å². The maximum Gasteiger partial charge on any atom is 0.227 e. The zero-order valence-corrected chi connectivity index (χ0v) is 17.1. The molecule has 0 fully saturated rings. The Morgan fingerprint density at radius 1 is 1.03 bits per heavy atom. The zero-order chi connectivity index (χ0) is 20.6. The molecule has 7 heteroatoms. The van der Waals surface area contributed by atoms with E-state index in [9.17, 15) is 4.79 Å². The highest BCUT2D eigenvalue weighted by atomic mass is 32.1. The highest BCUT2D eigenvalue weighted by molar-refractivity contribution is 7.08. The molecule has 0 aliphatic rings. The molecule has 2 heterocycles. The number of nitrogens with zero attached hydrogens (tertiary/aromatic N) is 2. The van der Waals surface area contributed by atoms with E-state index >= 15 is 0 Å². The minimum Gasteiger partial charge on any atom is -0.489 e. The summed E-state index contributed by atoms with van der Waals surface area (Å²) >= 11 is 1.58. The number of amides is 1. The Labute approximate surface area is 178 Å². The number of hydrogen-bond donors (Lipinski definition) is 1. The maximum absolute atomic E-state index is 12.1. The molecule has 1 amide bonds. The van der Waals surface area contributed by atoms with E-state index in [2.05, 4.69) is 15.5 Å². The van der Waals surface area contributed by atoms with Gasteiger partial charge in [-0.15, -0.1) is 0 Å². The molecule has 0 unspecified atom stereocenters. The third kappa shape index (κ3) is 5.55. The molecule has 0 spiro atoms. The van der Waals surface area contributed by atoms with Gasteiger partial charge in [0.05, 0.1) is 0 Å². The number of carbonyl (C=O) groups excluding carboxylic acids is 1. The monoisotopic (exact) mass is 419 g/mol. The Kier molecular flexibility index (Phi) is 6.51. The van der Waals surface area contributed by atoms with E-state index in [0.29, 0.717) is 37.7 Å². The van der Waals surface area contributed by atoms with Gasteiger partial charge in [-0.3, -0.25) is 4.79 Å². The summed E-state index contributed by atoms with van der Waals surface area (Å²) < 4.78 is 11.0. The first-order valence-electron chi connectivity index (χ1n) is 9.64. The molecule has 0 radical (unpaired) electrons. The molecule has 30 heavy (non-hydrogen) atoms.